The fourth-order valence-corrected chi connectivity index (χ4v) is 4.11. The lowest BCUT2D eigenvalue weighted by atomic mass is 9.87. The van der Waals surface area contributed by atoms with Crippen LogP contribution in [0.5, 0.6) is 0 Å². The first kappa shape index (κ1) is 25.4. The molecule has 3 heterocycles. The van der Waals surface area contributed by atoms with Gasteiger partial charge in [-0.3, -0.25) is 14.9 Å². The van der Waals surface area contributed by atoms with E-state index in [2.05, 4.69) is 37.7 Å². The second-order valence-electron chi connectivity index (χ2n) is 8.83. The van der Waals surface area contributed by atoms with Gasteiger partial charge in [0.25, 0.3) is 5.91 Å². The quantitative estimate of drug-likeness (QED) is 0.329. The van der Waals surface area contributed by atoms with Crippen molar-refractivity contribution in [2.45, 2.75) is 37.4 Å². The van der Waals surface area contributed by atoms with Gasteiger partial charge in [0.15, 0.2) is 11.6 Å². The lowest BCUT2D eigenvalue weighted by Crippen LogP contribution is -2.46. The summed E-state index contributed by atoms with van der Waals surface area (Å²) in [5.74, 6) is 0.892. The second-order valence-corrected chi connectivity index (χ2v) is 8.83. The lowest BCUT2D eigenvalue weighted by molar-refractivity contribution is -0.133. The molecule has 1 aliphatic rings. The number of carbonyl (C=O) groups excluding carboxylic acids is 1. The molecule has 2 aromatic heterocycles. The predicted molar refractivity (Wildman–Crippen MR) is 130 cm³/mol. The van der Waals surface area contributed by atoms with Crippen molar-refractivity contribution in [2.24, 2.45) is 0 Å². The number of anilines is 1. The van der Waals surface area contributed by atoms with Crippen molar-refractivity contribution in [3.63, 3.8) is 0 Å². The molecule has 0 saturated carbocycles. The van der Waals surface area contributed by atoms with Gasteiger partial charge in [-0.2, -0.15) is 18.3 Å². The molecular weight excluding hydrogens is 471 g/mol. The molecule has 0 atom stereocenters. The molecule has 4 N–H and O–H groups in total. The molecule has 4 rings (SSSR count). The Balaban J connectivity index is 1.46. The van der Waals surface area contributed by atoms with E-state index in [4.69, 9.17) is 4.98 Å². The number of aromatic amines is 1. The Morgan fingerprint density at radius 2 is 1.89 bits per heavy atom. The topological polar surface area (TPSA) is 108 Å². The summed E-state index contributed by atoms with van der Waals surface area (Å²) in [4.78, 5) is 21.5. The Kier molecular flexibility index (Phi) is 7.68. The average Bonchev–Trinajstić information content (AvgIpc) is 3.38. The molecule has 1 saturated heterocycles. The number of aromatic nitrogens is 4. The third-order valence-corrected chi connectivity index (χ3v) is 6.10. The number of amides is 1. The zero-order valence-corrected chi connectivity index (χ0v) is 19.7. The predicted octanol–water partition coefficient (Wildman–Crippen LogP) is 4.19. The average molecular weight is 500 g/mol. The van der Waals surface area contributed by atoms with Gasteiger partial charge < -0.3 is 16.0 Å². The Morgan fingerprint density at radius 3 is 2.61 bits per heavy atom. The molecule has 1 aliphatic heterocycles. The molecule has 1 amide bonds. The van der Waals surface area contributed by atoms with Crippen LogP contribution in [0.2, 0.25) is 0 Å². The van der Waals surface area contributed by atoms with Gasteiger partial charge in [0, 0.05) is 42.2 Å². The zero-order chi connectivity index (χ0) is 25.6. The molecule has 0 spiro atoms. The third-order valence-electron chi connectivity index (χ3n) is 6.10. The number of piperidine rings is 1. The highest BCUT2D eigenvalue weighted by Gasteiger charge is 2.37. The van der Waals surface area contributed by atoms with Gasteiger partial charge in [-0.05, 0) is 62.7 Å². The number of nitrogens with one attached hydrogen (secondary N) is 4. The Bertz CT molecular complexity index is 1190. The number of nitrogens with zero attached hydrogens (tertiary/aromatic N) is 3. The van der Waals surface area contributed by atoms with Crippen molar-refractivity contribution >= 4 is 11.6 Å². The first-order valence-corrected chi connectivity index (χ1v) is 11.7. The molecule has 190 valence electrons. The van der Waals surface area contributed by atoms with Gasteiger partial charge >= 0.3 is 6.18 Å². The zero-order valence-electron chi connectivity index (χ0n) is 19.7. The minimum absolute atomic E-state index is 0.0158. The summed E-state index contributed by atoms with van der Waals surface area (Å²) in [6, 6.07) is 10.7. The van der Waals surface area contributed by atoms with E-state index in [1.807, 2.05) is 18.2 Å². The van der Waals surface area contributed by atoms with Crippen molar-refractivity contribution in [1.29, 1.82) is 0 Å². The van der Waals surface area contributed by atoms with Crippen LogP contribution >= 0.6 is 0 Å². The molecule has 0 bridgehead atoms. The molecular formula is C25H28F3N7O. The van der Waals surface area contributed by atoms with Crippen molar-refractivity contribution in [3.8, 4) is 11.4 Å². The Morgan fingerprint density at radius 1 is 1.14 bits per heavy atom. The van der Waals surface area contributed by atoms with Crippen LogP contribution < -0.4 is 16.0 Å². The lowest BCUT2D eigenvalue weighted by Gasteiger charge is -2.37. The van der Waals surface area contributed by atoms with Crippen molar-refractivity contribution in [2.75, 3.05) is 25.0 Å². The molecule has 3 aromatic rings. The van der Waals surface area contributed by atoms with E-state index in [0.717, 1.165) is 37.2 Å². The standard InChI is InChI=1S/C25H28F3N7O/c1-17(5-8-25(26,27)28)16-31-22(36)19-3-2-4-20(15-19)33-24(9-13-30-14-10-24)23-32-21(34-35-23)18-6-11-29-12-7-18/h2-4,6-7,11-12,15,30,33H,1,5,8-10,13-14,16H2,(H,31,36)(H,32,34,35). The number of hydrogen-bond acceptors (Lipinski definition) is 6. The van der Waals surface area contributed by atoms with E-state index < -0.39 is 18.1 Å². The molecule has 11 heteroatoms. The summed E-state index contributed by atoms with van der Waals surface area (Å²) in [5.41, 5.74) is 1.76. The summed E-state index contributed by atoms with van der Waals surface area (Å²) < 4.78 is 37.2. The molecule has 0 aliphatic carbocycles. The Labute approximate surface area is 206 Å². The molecule has 8 nitrogen and oxygen atoms in total. The molecule has 0 unspecified atom stereocenters. The van der Waals surface area contributed by atoms with Gasteiger partial charge in [-0.25, -0.2) is 4.98 Å². The van der Waals surface area contributed by atoms with E-state index >= 15 is 0 Å². The highest BCUT2D eigenvalue weighted by molar-refractivity contribution is 5.95. The first-order chi connectivity index (χ1) is 17.2. The van der Waals surface area contributed by atoms with Gasteiger partial charge in [0.1, 0.15) is 0 Å². The second kappa shape index (κ2) is 10.9. The van der Waals surface area contributed by atoms with Gasteiger partial charge in [0.2, 0.25) is 0 Å². The van der Waals surface area contributed by atoms with Crippen molar-refractivity contribution in [3.05, 3.63) is 72.3 Å². The normalized spacial score (nSPS) is 15.3. The van der Waals surface area contributed by atoms with Crippen LogP contribution in [0, 0.1) is 0 Å². The van der Waals surface area contributed by atoms with Gasteiger partial charge in [0.05, 0.1) is 5.54 Å². The minimum Gasteiger partial charge on any atom is -0.373 e. The maximum Gasteiger partial charge on any atom is 0.389 e. The van der Waals surface area contributed by atoms with Crippen LogP contribution in [0.15, 0.2) is 60.9 Å². The number of benzene rings is 1. The smallest absolute Gasteiger partial charge is 0.373 e. The van der Waals surface area contributed by atoms with E-state index in [0.29, 0.717) is 22.8 Å². The van der Waals surface area contributed by atoms with Crippen LogP contribution in [0.1, 0.15) is 41.9 Å². The summed E-state index contributed by atoms with van der Waals surface area (Å²) in [7, 11) is 0. The van der Waals surface area contributed by atoms with Crippen LogP contribution in [-0.2, 0) is 5.54 Å². The molecule has 0 radical (unpaired) electrons. The first-order valence-electron chi connectivity index (χ1n) is 11.7. The van der Waals surface area contributed by atoms with Crippen LogP contribution in [0.4, 0.5) is 18.9 Å². The van der Waals surface area contributed by atoms with Crippen molar-refractivity contribution < 1.29 is 18.0 Å². The number of rotatable bonds is 9. The fourth-order valence-electron chi connectivity index (χ4n) is 4.11. The number of hydrogen-bond donors (Lipinski definition) is 4. The summed E-state index contributed by atoms with van der Waals surface area (Å²) in [6.45, 7) is 5.17. The van der Waals surface area contributed by atoms with E-state index in [9.17, 15) is 18.0 Å². The number of alkyl halides is 3. The van der Waals surface area contributed by atoms with Gasteiger partial charge in [-0.1, -0.05) is 18.2 Å². The monoisotopic (exact) mass is 499 g/mol. The Hall–Kier alpha value is -3.73. The van der Waals surface area contributed by atoms with E-state index in [1.165, 1.54) is 0 Å². The molecule has 1 fully saturated rings. The van der Waals surface area contributed by atoms with Crippen LogP contribution in [0.25, 0.3) is 11.4 Å². The fraction of sp³-hybridized carbons (Fsp3) is 0.360. The number of pyridine rings is 1. The minimum atomic E-state index is -4.25. The highest BCUT2D eigenvalue weighted by atomic mass is 19.4. The largest absolute Gasteiger partial charge is 0.389 e. The third kappa shape index (κ3) is 6.48. The van der Waals surface area contributed by atoms with Gasteiger partial charge in [-0.15, -0.1) is 0 Å². The number of carbonyl (C=O) groups is 1. The number of H-pyrrole nitrogens is 1. The van der Waals surface area contributed by atoms with E-state index in [-0.39, 0.29) is 18.9 Å². The number of halogens is 3. The van der Waals surface area contributed by atoms with Crippen molar-refractivity contribution in [1.82, 2.24) is 30.8 Å². The SMILES string of the molecule is C=C(CCC(F)(F)F)CNC(=O)c1cccc(NC2(c3nc(-c4ccncc4)n[nH]3)CCNCC2)c1. The maximum absolute atomic E-state index is 12.7. The van der Waals surface area contributed by atoms with E-state index in [1.54, 1.807) is 30.6 Å². The molecule has 1 aromatic carbocycles. The van der Waals surface area contributed by atoms with Crippen LogP contribution in [0.3, 0.4) is 0 Å². The summed E-state index contributed by atoms with van der Waals surface area (Å²) in [5, 5.41) is 17.1. The maximum atomic E-state index is 12.7. The molecule has 36 heavy (non-hydrogen) atoms. The summed E-state index contributed by atoms with van der Waals surface area (Å²) in [6.07, 6.45) is -0.567. The highest BCUT2D eigenvalue weighted by Crippen LogP contribution is 2.34. The summed E-state index contributed by atoms with van der Waals surface area (Å²) >= 11 is 0. The van der Waals surface area contributed by atoms with Crippen LogP contribution in [-0.4, -0.2) is 51.9 Å².